The third-order valence-corrected chi connectivity index (χ3v) is 6.63. The van der Waals surface area contributed by atoms with Crippen LogP contribution in [0.3, 0.4) is 0 Å². The van der Waals surface area contributed by atoms with Crippen LogP contribution in [-0.4, -0.2) is 59.0 Å². The molecule has 2 saturated heterocycles. The number of aryl methyl sites for hydroxylation is 1. The average molecular weight is 424 g/mol. The molecule has 2 amide bonds. The number of carbonyl (C=O) groups is 2. The minimum atomic E-state index is 0.0900. The van der Waals surface area contributed by atoms with Gasteiger partial charge in [-0.3, -0.25) is 9.59 Å². The van der Waals surface area contributed by atoms with Crippen molar-refractivity contribution < 1.29 is 14.3 Å². The van der Waals surface area contributed by atoms with Gasteiger partial charge in [0.2, 0.25) is 0 Å². The maximum absolute atomic E-state index is 12.8. The SMILES string of the molecule is CC1CCN(C(=O)c2ccc(OC[C@@H]3CCCN(C(=O)c4cccn4C)C3)cc2)CC1. The van der Waals surface area contributed by atoms with Gasteiger partial charge >= 0.3 is 0 Å². The molecule has 0 radical (unpaired) electrons. The molecule has 4 rings (SSSR count). The molecule has 6 heteroatoms. The summed E-state index contributed by atoms with van der Waals surface area (Å²) in [5.41, 5.74) is 1.45. The molecule has 0 unspecified atom stereocenters. The summed E-state index contributed by atoms with van der Waals surface area (Å²) in [5, 5.41) is 0. The van der Waals surface area contributed by atoms with E-state index in [0.717, 1.165) is 62.3 Å². The van der Waals surface area contributed by atoms with Gasteiger partial charge in [0.15, 0.2) is 0 Å². The monoisotopic (exact) mass is 423 g/mol. The van der Waals surface area contributed by atoms with Crippen molar-refractivity contribution in [2.24, 2.45) is 18.9 Å². The zero-order valence-electron chi connectivity index (χ0n) is 18.6. The molecule has 0 spiro atoms. The van der Waals surface area contributed by atoms with E-state index in [1.165, 1.54) is 0 Å². The second-order valence-corrected chi connectivity index (χ2v) is 9.07. The van der Waals surface area contributed by atoms with Crippen molar-refractivity contribution in [3.63, 3.8) is 0 Å². The van der Waals surface area contributed by atoms with Crippen LogP contribution >= 0.6 is 0 Å². The van der Waals surface area contributed by atoms with Crippen LogP contribution in [0.15, 0.2) is 42.6 Å². The van der Waals surface area contributed by atoms with E-state index >= 15 is 0 Å². The number of nitrogens with zero attached hydrogens (tertiary/aromatic N) is 3. The zero-order valence-corrected chi connectivity index (χ0v) is 18.6. The van der Waals surface area contributed by atoms with E-state index in [1.54, 1.807) is 0 Å². The first kappa shape index (κ1) is 21.5. The second kappa shape index (κ2) is 9.58. The number of aromatic nitrogens is 1. The molecule has 0 N–H and O–H groups in total. The van der Waals surface area contributed by atoms with Crippen molar-refractivity contribution in [2.75, 3.05) is 32.8 Å². The second-order valence-electron chi connectivity index (χ2n) is 9.07. The van der Waals surface area contributed by atoms with Crippen LogP contribution in [0.4, 0.5) is 0 Å². The number of hydrogen-bond donors (Lipinski definition) is 0. The highest BCUT2D eigenvalue weighted by Crippen LogP contribution is 2.22. The molecule has 1 aromatic heterocycles. The Morgan fingerprint density at radius 3 is 2.39 bits per heavy atom. The van der Waals surface area contributed by atoms with E-state index in [0.29, 0.717) is 25.0 Å². The molecule has 2 aromatic rings. The van der Waals surface area contributed by atoms with E-state index in [2.05, 4.69) is 6.92 Å². The van der Waals surface area contributed by atoms with Gasteiger partial charge in [-0.15, -0.1) is 0 Å². The Morgan fingerprint density at radius 2 is 1.71 bits per heavy atom. The highest BCUT2D eigenvalue weighted by Gasteiger charge is 2.26. The molecule has 0 saturated carbocycles. The normalized spacial score (nSPS) is 20.0. The number of benzene rings is 1. The van der Waals surface area contributed by atoms with Crippen molar-refractivity contribution in [3.05, 3.63) is 53.9 Å². The Bertz CT molecular complexity index is 897. The van der Waals surface area contributed by atoms with Crippen LogP contribution in [-0.2, 0) is 7.05 Å². The molecule has 0 aliphatic carbocycles. The quantitative estimate of drug-likeness (QED) is 0.735. The topological polar surface area (TPSA) is 54.8 Å². The van der Waals surface area contributed by atoms with Gasteiger partial charge in [0.1, 0.15) is 11.4 Å². The number of piperidine rings is 2. The molecule has 1 aromatic carbocycles. The van der Waals surface area contributed by atoms with Gasteiger partial charge in [-0.25, -0.2) is 0 Å². The lowest BCUT2D eigenvalue weighted by atomic mass is 9.98. The molecule has 6 nitrogen and oxygen atoms in total. The highest BCUT2D eigenvalue weighted by atomic mass is 16.5. The Hall–Kier alpha value is -2.76. The van der Waals surface area contributed by atoms with Crippen molar-refractivity contribution in [2.45, 2.75) is 32.6 Å². The number of hydrogen-bond acceptors (Lipinski definition) is 3. The fraction of sp³-hybridized carbons (Fsp3) is 0.520. The van der Waals surface area contributed by atoms with Crippen molar-refractivity contribution in [1.29, 1.82) is 0 Å². The van der Waals surface area contributed by atoms with Gasteiger partial charge in [-0.1, -0.05) is 6.92 Å². The zero-order chi connectivity index (χ0) is 21.8. The predicted octanol–water partition coefficient (Wildman–Crippen LogP) is 3.83. The Morgan fingerprint density at radius 1 is 0.968 bits per heavy atom. The smallest absolute Gasteiger partial charge is 0.270 e. The standard InChI is InChI=1S/C25H33N3O3/c1-19-11-15-27(16-12-19)24(29)21-7-9-22(10-8-21)31-18-20-5-3-14-28(17-20)25(30)23-6-4-13-26(23)2/h4,6-10,13,19-20H,3,5,11-12,14-18H2,1-2H3/t20-/m1/s1. The van der Waals surface area contributed by atoms with Crippen LogP contribution < -0.4 is 4.74 Å². The maximum Gasteiger partial charge on any atom is 0.270 e. The Balaban J connectivity index is 1.28. The van der Waals surface area contributed by atoms with Gasteiger partial charge in [0.05, 0.1) is 6.61 Å². The summed E-state index contributed by atoms with van der Waals surface area (Å²) in [6, 6.07) is 11.3. The first-order valence-electron chi connectivity index (χ1n) is 11.4. The van der Waals surface area contributed by atoms with Crippen LogP contribution in [0.1, 0.15) is 53.5 Å². The van der Waals surface area contributed by atoms with Gasteiger partial charge in [-0.05, 0) is 68.0 Å². The Labute approximate surface area is 184 Å². The van der Waals surface area contributed by atoms with Crippen molar-refractivity contribution in [1.82, 2.24) is 14.4 Å². The maximum atomic E-state index is 12.8. The average Bonchev–Trinajstić information content (AvgIpc) is 3.23. The molecular weight excluding hydrogens is 390 g/mol. The summed E-state index contributed by atoms with van der Waals surface area (Å²) < 4.78 is 7.88. The van der Waals surface area contributed by atoms with Crippen molar-refractivity contribution >= 4 is 11.8 Å². The predicted molar refractivity (Wildman–Crippen MR) is 120 cm³/mol. The molecule has 0 bridgehead atoms. The molecule has 2 fully saturated rings. The largest absolute Gasteiger partial charge is 0.493 e. The van der Waals surface area contributed by atoms with Crippen molar-refractivity contribution in [3.8, 4) is 5.75 Å². The fourth-order valence-corrected chi connectivity index (χ4v) is 4.53. The summed E-state index contributed by atoms with van der Waals surface area (Å²) in [6.07, 6.45) is 6.11. The molecule has 31 heavy (non-hydrogen) atoms. The molecule has 166 valence electrons. The molecule has 3 heterocycles. The number of amides is 2. The molecular formula is C25H33N3O3. The lowest BCUT2D eigenvalue weighted by molar-refractivity contribution is 0.0623. The number of ether oxygens (including phenoxy) is 1. The van der Waals surface area contributed by atoms with Crippen LogP contribution in [0.5, 0.6) is 5.75 Å². The van der Waals surface area contributed by atoms with Gasteiger partial charge in [0.25, 0.3) is 11.8 Å². The van der Waals surface area contributed by atoms with E-state index in [1.807, 2.05) is 64.0 Å². The lowest BCUT2D eigenvalue weighted by Crippen LogP contribution is -2.42. The number of rotatable bonds is 5. The molecule has 1 atom stereocenters. The first-order chi connectivity index (χ1) is 15.0. The van der Waals surface area contributed by atoms with Crippen LogP contribution in [0.25, 0.3) is 0 Å². The minimum absolute atomic E-state index is 0.0900. The summed E-state index contributed by atoms with van der Waals surface area (Å²) >= 11 is 0. The third kappa shape index (κ3) is 5.12. The summed E-state index contributed by atoms with van der Waals surface area (Å²) in [6.45, 7) is 6.03. The summed E-state index contributed by atoms with van der Waals surface area (Å²) in [7, 11) is 1.90. The number of likely N-dealkylation sites (tertiary alicyclic amines) is 2. The van der Waals surface area contributed by atoms with Crippen LogP contribution in [0, 0.1) is 11.8 Å². The van der Waals surface area contributed by atoms with E-state index in [-0.39, 0.29) is 11.8 Å². The fourth-order valence-electron chi connectivity index (χ4n) is 4.53. The highest BCUT2D eigenvalue weighted by molar-refractivity contribution is 5.94. The third-order valence-electron chi connectivity index (χ3n) is 6.63. The van der Waals surface area contributed by atoms with E-state index in [4.69, 9.17) is 4.74 Å². The summed E-state index contributed by atoms with van der Waals surface area (Å²) in [5.74, 6) is 2.00. The number of carbonyl (C=O) groups excluding carboxylic acids is 2. The molecule has 2 aliphatic heterocycles. The van der Waals surface area contributed by atoms with Gasteiger partial charge in [0, 0.05) is 50.9 Å². The van der Waals surface area contributed by atoms with Crippen LogP contribution in [0.2, 0.25) is 0 Å². The van der Waals surface area contributed by atoms with Gasteiger partial charge in [-0.2, -0.15) is 0 Å². The van der Waals surface area contributed by atoms with E-state index < -0.39 is 0 Å². The summed E-state index contributed by atoms with van der Waals surface area (Å²) in [4.78, 5) is 29.4. The minimum Gasteiger partial charge on any atom is -0.493 e. The first-order valence-corrected chi connectivity index (χ1v) is 11.4. The molecule has 2 aliphatic rings. The Kier molecular flexibility index (Phi) is 6.64. The lowest BCUT2D eigenvalue weighted by Gasteiger charge is -2.32. The van der Waals surface area contributed by atoms with Gasteiger partial charge < -0.3 is 19.1 Å². The van der Waals surface area contributed by atoms with E-state index in [9.17, 15) is 9.59 Å².